The van der Waals surface area contributed by atoms with Gasteiger partial charge in [0.05, 0.1) is 17.9 Å². The van der Waals surface area contributed by atoms with E-state index in [1.54, 1.807) is 6.08 Å². The van der Waals surface area contributed by atoms with Gasteiger partial charge in [-0.2, -0.15) is 8.42 Å². The van der Waals surface area contributed by atoms with Crippen molar-refractivity contribution in [2.75, 3.05) is 5.75 Å². The van der Waals surface area contributed by atoms with Crippen molar-refractivity contribution in [3.63, 3.8) is 0 Å². The van der Waals surface area contributed by atoms with Gasteiger partial charge >= 0.3 is 0 Å². The van der Waals surface area contributed by atoms with E-state index in [1.807, 2.05) is 0 Å². The third-order valence-electron chi connectivity index (χ3n) is 7.27. The molecule has 0 aliphatic rings. The van der Waals surface area contributed by atoms with Gasteiger partial charge in [-0.15, -0.1) is 0 Å². The Balaban J connectivity index is 3.89. The van der Waals surface area contributed by atoms with E-state index in [0.717, 1.165) is 38.5 Å². The molecule has 0 saturated carbocycles. The van der Waals surface area contributed by atoms with Gasteiger partial charge in [0.25, 0.3) is 10.1 Å². The number of hydrogen-bond acceptors (Lipinski definition) is 4. The van der Waals surface area contributed by atoms with Crippen LogP contribution in [0.5, 0.6) is 0 Å². The zero-order chi connectivity index (χ0) is 30.4. The fraction of sp³-hybridized carbons (Fsp3) is 0.794. The summed E-state index contributed by atoms with van der Waals surface area (Å²) < 4.78 is 32.1. The van der Waals surface area contributed by atoms with Crippen LogP contribution in [0.15, 0.2) is 36.5 Å². The number of allylic oxidation sites excluding steroid dienone is 5. The summed E-state index contributed by atoms with van der Waals surface area (Å²) in [5.74, 6) is -1.01. The number of nitrogens with one attached hydrogen (secondary N) is 1. The summed E-state index contributed by atoms with van der Waals surface area (Å²) in [6.07, 6.45) is 35.9. The highest BCUT2D eigenvalue weighted by molar-refractivity contribution is 7.85. The van der Waals surface area contributed by atoms with Crippen molar-refractivity contribution in [3.8, 4) is 0 Å². The molecule has 0 aromatic carbocycles. The van der Waals surface area contributed by atoms with Gasteiger partial charge < -0.3 is 10.4 Å². The topological polar surface area (TPSA) is 104 Å². The highest BCUT2D eigenvalue weighted by Crippen LogP contribution is 2.13. The predicted octanol–water partition coefficient (Wildman–Crippen LogP) is 9.01. The van der Waals surface area contributed by atoms with Crippen molar-refractivity contribution in [2.45, 2.75) is 167 Å². The number of aliphatic hydroxyl groups is 1. The number of rotatable bonds is 29. The quantitative estimate of drug-likeness (QED) is 0.0453. The molecule has 0 radical (unpaired) electrons. The zero-order valence-electron chi connectivity index (χ0n) is 26.4. The second-order valence-corrected chi connectivity index (χ2v) is 12.9. The summed E-state index contributed by atoms with van der Waals surface area (Å²) in [5.41, 5.74) is 0. The average molecular weight is 598 g/mol. The first-order chi connectivity index (χ1) is 19.8. The smallest absolute Gasteiger partial charge is 0.267 e. The Morgan fingerprint density at radius 2 is 1.10 bits per heavy atom. The summed E-state index contributed by atoms with van der Waals surface area (Å²) in [7, 11) is -4.34. The van der Waals surface area contributed by atoms with Gasteiger partial charge in [-0.25, -0.2) is 0 Å². The minimum atomic E-state index is -4.34. The molecule has 2 atom stereocenters. The van der Waals surface area contributed by atoms with Gasteiger partial charge in [0.2, 0.25) is 5.91 Å². The van der Waals surface area contributed by atoms with Crippen LogP contribution in [0.2, 0.25) is 0 Å². The second-order valence-electron chi connectivity index (χ2n) is 11.4. The molecule has 240 valence electrons. The average Bonchev–Trinajstić information content (AvgIpc) is 2.92. The van der Waals surface area contributed by atoms with E-state index < -0.39 is 28.0 Å². The lowest BCUT2D eigenvalue weighted by atomic mass is 10.0. The summed E-state index contributed by atoms with van der Waals surface area (Å²) in [4.78, 5) is 12.4. The summed E-state index contributed by atoms with van der Waals surface area (Å²) >= 11 is 0. The highest BCUT2D eigenvalue weighted by atomic mass is 32.2. The summed E-state index contributed by atoms with van der Waals surface area (Å²) in [6.45, 7) is 4.38. The molecule has 0 aromatic rings. The van der Waals surface area contributed by atoms with Crippen LogP contribution in [0.1, 0.15) is 155 Å². The van der Waals surface area contributed by atoms with E-state index in [1.165, 1.54) is 96.0 Å². The monoisotopic (exact) mass is 597 g/mol. The predicted molar refractivity (Wildman–Crippen MR) is 175 cm³/mol. The molecular formula is C34H63NO5S. The first kappa shape index (κ1) is 39.6. The molecular weight excluding hydrogens is 534 g/mol. The van der Waals surface area contributed by atoms with Crippen LogP contribution in [0.4, 0.5) is 0 Å². The Hall–Kier alpha value is -1.44. The second kappa shape index (κ2) is 28.7. The van der Waals surface area contributed by atoms with E-state index >= 15 is 0 Å². The van der Waals surface area contributed by atoms with E-state index in [9.17, 15) is 22.9 Å². The van der Waals surface area contributed by atoms with Gasteiger partial charge in [-0.05, 0) is 51.4 Å². The summed E-state index contributed by atoms with van der Waals surface area (Å²) in [6, 6.07) is -1.07. The minimum Gasteiger partial charge on any atom is -0.387 e. The summed E-state index contributed by atoms with van der Waals surface area (Å²) in [5, 5.41) is 13.0. The maximum Gasteiger partial charge on any atom is 0.267 e. The lowest BCUT2D eigenvalue weighted by Gasteiger charge is -2.21. The van der Waals surface area contributed by atoms with E-state index in [4.69, 9.17) is 0 Å². The van der Waals surface area contributed by atoms with Crippen molar-refractivity contribution in [1.82, 2.24) is 5.32 Å². The molecule has 0 bridgehead atoms. The van der Waals surface area contributed by atoms with Gasteiger partial charge in [0.15, 0.2) is 0 Å². The Morgan fingerprint density at radius 3 is 1.63 bits per heavy atom. The lowest BCUT2D eigenvalue weighted by molar-refractivity contribution is -0.122. The van der Waals surface area contributed by atoms with E-state index in [2.05, 4.69) is 43.5 Å². The molecule has 6 nitrogen and oxygen atoms in total. The third kappa shape index (κ3) is 29.8. The van der Waals surface area contributed by atoms with Crippen molar-refractivity contribution in [1.29, 1.82) is 0 Å². The van der Waals surface area contributed by atoms with E-state index in [-0.39, 0.29) is 12.3 Å². The van der Waals surface area contributed by atoms with E-state index in [0.29, 0.717) is 6.42 Å². The lowest BCUT2D eigenvalue weighted by Crippen LogP contribution is -2.46. The molecule has 3 N–H and O–H groups in total. The maximum absolute atomic E-state index is 12.4. The van der Waals surface area contributed by atoms with Crippen molar-refractivity contribution in [2.24, 2.45) is 0 Å². The number of hydrogen-bond donors (Lipinski definition) is 3. The molecule has 0 rings (SSSR count). The fourth-order valence-electron chi connectivity index (χ4n) is 4.76. The molecule has 0 spiro atoms. The van der Waals surface area contributed by atoms with Crippen molar-refractivity contribution >= 4 is 16.0 Å². The van der Waals surface area contributed by atoms with Crippen molar-refractivity contribution in [3.05, 3.63) is 36.5 Å². The molecule has 0 aliphatic heterocycles. The fourth-order valence-corrected chi connectivity index (χ4v) is 5.49. The first-order valence-electron chi connectivity index (χ1n) is 16.7. The number of carbonyl (C=O) groups is 1. The molecule has 1 amide bonds. The molecule has 0 saturated heterocycles. The van der Waals surface area contributed by atoms with Crippen LogP contribution < -0.4 is 5.32 Å². The van der Waals surface area contributed by atoms with Crippen molar-refractivity contribution < 1.29 is 22.9 Å². The largest absolute Gasteiger partial charge is 0.387 e. The molecule has 2 unspecified atom stereocenters. The SMILES string of the molecule is CCC/C=C/CC/C=C/C(O)C(CS(=O)(=O)O)NC(=O)CCCCCCCCCCC/C=C\CCCCCCCC. The van der Waals surface area contributed by atoms with Crippen LogP contribution in [0, 0.1) is 0 Å². The standard InChI is InChI=1S/C34H63NO5S/c1-3-5-7-9-11-12-13-14-15-16-17-18-19-20-21-22-24-26-28-30-34(37)35-32(31-41(38,39)40)33(36)29-27-25-23-10-8-6-4-2/h8,10,14-15,27,29,32-33,36H,3-7,9,11-13,16-26,28,30-31H2,1-2H3,(H,35,37)(H,38,39,40)/b10-8+,15-14-,29-27+. The molecule has 41 heavy (non-hydrogen) atoms. The molecule has 0 aliphatic carbocycles. The highest BCUT2D eigenvalue weighted by Gasteiger charge is 2.24. The van der Waals surface area contributed by atoms with Crippen LogP contribution in [-0.2, 0) is 14.9 Å². The van der Waals surface area contributed by atoms with Crippen LogP contribution in [0.3, 0.4) is 0 Å². The zero-order valence-corrected chi connectivity index (χ0v) is 27.2. The Morgan fingerprint density at radius 1 is 0.634 bits per heavy atom. The van der Waals surface area contributed by atoms with Crippen LogP contribution in [-0.4, -0.2) is 41.9 Å². The van der Waals surface area contributed by atoms with Gasteiger partial charge in [0, 0.05) is 6.42 Å². The molecule has 0 heterocycles. The molecule has 7 heteroatoms. The van der Waals surface area contributed by atoms with Gasteiger partial charge in [-0.1, -0.05) is 134 Å². The molecule has 0 fully saturated rings. The Bertz CT molecular complexity index is 791. The number of amides is 1. The van der Waals surface area contributed by atoms with Crippen LogP contribution in [0.25, 0.3) is 0 Å². The molecule has 0 aromatic heterocycles. The third-order valence-corrected chi connectivity index (χ3v) is 8.05. The van der Waals surface area contributed by atoms with Crippen LogP contribution >= 0.6 is 0 Å². The Labute approximate surface area is 253 Å². The maximum atomic E-state index is 12.4. The Kier molecular flexibility index (Phi) is 27.7. The number of aliphatic hydroxyl groups excluding tert-OH is 1. The minimum absolute atomic E-state index is 0.285. The number of unbranched alkanes of at least 4 members (excludes halogenated alkanes) is 17. The van der Waals surface area contributed by atoms with Gasteiger partial charge in [0.1, 0.15) is 0 Å². The van der Waals surface area contributed by atoms with Gasteiger partial charge in [-0.3, -0.25) is 9.35 Å². The number of carbonyl (C=O) groups excluding carboxylic acids is 1. The first-order valence-corrected chi connectivity index (χ1v) is 18.3. The normalized spacial score (nSPS) is 14.0.